The smallest absolute Gasteiger partial charge is 0.296 e. The molecule has 0 bridgehead atoms. The highest BCUT2D eigenvalue weighted by molar-refractivity contribution is 6.46. The zero-order valence-electron chi connectivity index (χ0n) is 22.2. The van der Waals surface area contributed by atoms with Crippen LogP contribution in [0, 0.1) is 0 Å². The number of Topliss-reactive ketones (excluding diaryl/α,β-unsaturated/α-hetero) is 1. The van der Waals surface area contributed by atoms with Gasteiger partial charge in [-0.1, -0.05) is 36.4 Å². The molecule has 1 aliphatic rings. The molecule has 1 unspecified atom stereocenters. The molecule has 0 saturated carbocycles. The number of benzene rings is 3. The van der Waals surface area contributed by atoms with E-state index in [1.54, 1.807) is 54.6 Å². The predicted octanol–water partition coefficient (Wildman–Crippen LogP) is 5.89. The number of likely N-dealkylation sites (tertiary alicyclic amines) is 1. The van der Waals surface area contributed by atoms with Crippen molar-refractivity contribution >= 4 is 17.4 Å². The summed E-state index contributed by atoms with van der Waals surface area (Å²) in [6.45, 7) is 2.62. The molecule has 1 aromatic heterocycles. The molecule has 0 aliphatic carbocycles. The second kappa shape index (κ2) is 11.8. The lowest BCUT2D eigenvalue weighted by molar-refractivity contribution is -0.140. The molecule has 4 aromatic rings. The summed E-state index contributed by atoms with van der Waals surface area (Å²) >= 11 is 0. The van der Waals surface area contributed by atoms with Crippen LogP contribution >= 0.6 is 0 Å². The van der Waals surface area contributed by atoms with Crippen LogP contribution in [0.25, 0.3) is 5.76 Å². The number of ether oxygens (including phenoxy) is 3. The first-order valence-corrected chi connectivity index (χ1v) is 12.9. The van der Waals surface area contributed by atoms with Crippen LogP contribution in [-0.4, -0.2) is 35.4 Å². The average molecular weight is 540 g/mol. The number of amides is 1. The summed E-state index contributed by atoms with van der Waals surface area (Å²) in [5.41, 5.74) is 1.94. The van der Waals surface area contributed by atoms with E-state index in [1.807, 2.05) is 37.3 Å². The van der Waals surface area contributed by atoms with Crippen molar-refractivity contribution in [3.05, 3.63) is 119 Å². The van der Waals surface area contributed by atoms with E-state index < -0.39 is 17.7 Å². The summed E-state index contributed by atoms with van der Waals surface area (Å²) in [5.74, 6) is 0.279. The van der Waals surface area contributed by atoms with Crippen molar-refractivity contribution in [3.63, 3.8) is 0 Å². The first-order valence-electron chi connectivity index (χ1n) is 12.9. The zero-order chi connectivity index (χ0) is 28.1. The molecule has 8 heteroatoms. The molecule has 5 rings (SSSR count). The summed E-state index contributed by atoms with van der Waals surface area (Å²) in [7, 11) is 1.54. The van der Waals surface area contributed by atoms with Crippen molar-refractivity contribution in [1.82, 2.24) is 4.90 Å². The topological polar surface area (TPSA) is 98.4 Å². The van der Waals surface area contributed by atoms with Crippen molar-refractivity contribution < 1.29 is 33.3 Å². The second-order valence-corrected chi connectivity index (χ2v) is 9.15. The number of nitrogens with zero attached hydrogens (tertiary/aromatic N) is 1. The summed E-state index contributed by atoms with van der Waals surface area (Å²) in [5, 5.41) is 11.3. The molecular weight excluding hydrogens is 510 g/mol. The Bertz CT molecular complexity index is 1510. The van der Waals surface area contributed by atoms with Gasteiger partial charge in [0, 0.05) is 5.56 Å². The van der Waals surface area contributed by atoms with Gasteiger partial charge in [-0.15, -0.1) is 0 Å². The Morgan fingerprint density at radius 1 is 0.925 bits per heavy atom. The Kier molecular flexibility index (Phi) is 7.87. The second-order valence-electron chi connectivity index (χ2n) is 9.15. The molecule has 1 atom stereocenters. The average Bonchev–Trinajstić information content (AvgIpc) is 3.59. The minimum atomic E-state index is -0.894. The largest absolute Gasteiger partial charge is 0.507 e. The lowest BCUT2D eigenvalue weighted by Crippen LogP contribution is -2.29. The van der Waals surface area contributed by atoms with Gasteiger partial charge in [0.1, 0.15) is 23.9 Å². The molecule has 8 nitrogen and oxygen atoms in total. The highest BCUT2D eigenvalue weighted by atomic mass is 16.5. The molecule has 1 amide bonds. The van der Waals surface area contributed by atoms with Gasteiger partial charge >= 0.3 is 0 Å². The van der Waals surface area contributed by atoms with Crippen molar-refractivity contribution in [1.29, 1.82) is 0 Å². The Morgan fingerprint density at radius 2 is 1.70 bits per heavy atom. The first kappa shape index (κ1) is 26.6. The fraction of sp³-hybridized carbons (Fsp3) is 0.188. The molecule has 204 valence electrons. The highest BCUT2D eigenvalue weighted by Gasteiger charge is 2.46. The van der Waals surface area contributed by atoms with Crippen LogP contribution in [0.3, 0.4) is 0 Å². The third-order valence-electron chi connectivity index (χ3n) is 6.63. The normalized spacial score (nSPS) is 16.2. The maximum atomic E-state index is 13.4. The van der Waals surface area contributed by atoms with E-state index in [2.05, 4.69) is 0 Å². The Labute approximate surface area is 232 Å². The molecule has 1 N–H and O–H groups in total. The summed E-state index contributed by atoms with van der Waals surface area (Å²) in [6.07, 6.45) is 1.50. The SMILES string of the molecule is CCOc1cc(C2/C(=C(\O)c3ccc(OC)cc3)C(=O)C(=O)N2Cc2ccco2)ccc1OCc1ccccc1. The van der Waals surface area contributed by atoms with E-state index >= 15 is 0 Å². The minimum absolute atomic E-state index is 0.0258. The van der Waals surface area contributed by atoms with E-state index in [0.29, 0.717) is 47.3 Å². The molecule has 1 aliphatic heterocycles. The molecule has 3 aromatic carbocycles. The number of ketones is 1. The molecule has 1 saturated heterocycles. The third-order valence-corrected chi connectivity index (χ3v) is 6.63. The van der Waals surface area contributed by atoms with E-state index in [9.17, 15) is 14.7 Å². The number of methoxy groups -OCH3 is 1. The van der Waals surface area contributed by atoms with Crippen LogP contribution in [0.1, 0.15) is 35.4 Å². The van der Waals surface area contributed by atoms with Crippen LogP contribution in [0.2, 0.25) is 0 Å². The molecule has 0 radical (unpaired) electrons. The Balaban J connectivity index is 1.57. The number of aliphatic hydroxyl groups is 1. The van der Waals surface area contributed by atoms with E-state index in [0.717, 1.165) is 5.56 Å². The van der Waals surface area contributed by atoms with Crippen LogP contribution in [0.4, 0.5) is 0 Å². The maximum Gasteiger partial charge on any atom is 0.296 e. The van der Waals surface area contributed by atoms with Gasteiger partial charge in [0.2, 0.25) is 0 Å². The zero-order valence-corrected chi connectivity index (χ0v) is 22.2. The van der Waals surface area contributed by atoms with Crippen LogP contribution < -0.4 is 14.2 Å². The summed E-state index contributed by atoms with van der Waals surface area (Å²) < 4.78 is 22.6. The first-order chi connectivity index (χ1) is 19.5. The van der Waals surface area contributed by atoms with Crippen molar-refractivity contribution in [2.45, 2.75) is 26.1 Å². The highest BCUT2D eigenvalue weighted by Crippen LogP contribution is 2.43. The molecule has 40 heavy (non-hydrogen) atoms. The van der Waals surface area contributed by atoms with Gasteiger partial charge in [-0.3, -0.25) is 9.59 Å². The number of hydrogen-bond donors (Lipinski definition) is 1. The fourth-order valence-corrected chi connectivity index (χ4v) is 4.68. The van der Waals surface area contributed by atoms with Crippen LogP contribution in [-0.2, 0) is 22.7 Å². The van der Waals surface area contributed by atoms with Gasteiger partial charge in [-0.25, -0.2) is 0 Å². The van der Waals surface area contributed by atoms with E-state index in [1.165, 1.54) is 18.3 Å². The lowest BCUT2D eigenvalue weighted by Gasteiger charge is -2.25. The monoisotopic (exact) mass is 539 g/mol. The van der Waals surface area contributed by atoms with Crippen LogP contribution in [0.15, 0.2) is 101 Å². The molecule has 2 heterocycles. The summed E-state index contributed by atoms with van der Waals surface area (Å²) in [4.78, 5) is 28.1. The van der Waals surface area contributed by atoms with Crippen LogP contribution in [0.5, 0.6) is 17.2 Å². The number of rotatable bonds is 10. The number of aliphatic hydroxyl groups excluding tert-OH is 1. The maximum absolute atomic E-state index is 13.4. The molecule has 0 spiro atoms. The minimum Gasteiger partial charge on any atom is -0.507 e. The number of hydrogen-bond acceptors (Lipinski definition) is 7. The standard InChI is InChI=1S/C32H29NO7/c1-3-38-27-18-23(13-16-26(27)40-20-21-8-5-4-6-9-21)29-28(30(34)22-11-14-24(37-2)15-12-22)31(35)32(36)33(29)19-25-10-7-17-39-25/h4-18,29,34H,3,19-20H2,1-2H3/b30-28+. The van der Waals surface area contributed by atoms with Gasteiger partial charge < -0.3 is 28.6 Å². The van der Waals surface area contributed by atoms with E-state index in [-0.39, 0.29) is 17.9 Å². The predicted molar refractivity (Wildman–Crippen MR) is 148 cm³/mol. The number of carbonyl (C=O) groups excluding carboxylic acids is 2. The van der Waals surface area contributed by atoms with Gasteiger partial charge in [0.05, 0.1) is 38.1 Å². The lowest BCUT2D eigenvalue weighted by atomic mass is 9.95. The molecular formula is C32H29NO7. The van der Waals surface area contributed by atoms with Gasteiger partial charge in [0.15, 0.2) is 11.5 Å². The quantitative estimate of drug-likeness (QED) is 0.152. The van der Waals surface area contributed by atoms with Gasteiger partial charge in [-0.2, -0.15) is 0 Å². The number of furan rings is 1. The summed E-state index contributed by atoms with van der Waals surface area (Å²) in [6, 6.07) is 24.2. The van der Waals surface area contributed by atoms with Crippen molar-refractivity contribution in [3.8, 4) is 17.2 Å². The van der Waals surface area contributed by atoms with Crippen molar-refractivity contribution in [2.24, 2.45) is 0 Å². The number of carbonyl (C=O) groups is 2. The van der Waals surface area contributed by atoms with Gasteiger partial charge in [0.25, 0.3) is 11.7 Å². The fourth-order valence-electron chi connectivity index (χ4n) is 4.68. The van der Waals surface area contributed by atoms with E-state index in [4.69, 9.17) is 18.6 Å². The third kappa shape index (κ3) is 5.42. The Morgan fingerprint density at radius 3 is 2.38 bits per heavy atom. The Hall–Kier alpha value is -4.98. The van der Waals surface area contributed by atoms with Gasteiger partial charge in [-0.05, 0) is 66.6 Å². The van der Waals surface area contributed by atoms with Crippen molar-refractivity contribution in [2.75, 3.05) is 13.7 Å². The molecule has 1 fully saturated rings.